The summed E-state index contributed by atoms with van der Waals surface area (Å²) in [4.78, 5) is 18.8. The maximum Gasteiger partial charge on any atom is 0.251 e. The number of amides is 1. The molecule has 2 fully saturated rings. The Morgan fingerprint density at radius 2 is 1.93 bits per heavy atom. The number of benzene rings is 1. The average Bonchev–Trinajstić information content (AvgIpc) is 3.26. The summed E-state index contributed by atoms with van der Waals surface area (Å²) >= 11 is 0. The van der Waals surface area contributed by atoms with E-state index in [2.05, 4.69) is 32.7 Å². The number of piperidine rings is 1. The van der Waals surface area contributed by atoms with Crippen LogP contribution >= 0.6 is 0 Å². The Bertz CT molecular complexity index is 752. The molecular formula is C22H28N4O2. The summed E-state index contributed by atoms with van der Waals surface area (Å²) < 4.78 is 5.45. The average molecular weight is 380 g/mol. The van der Waals surface area contributed by atoms with Crippen LogP contribution in [0, 0.1) is 0 Å². The van der Waals surface area contributed by atoms with E-state index in [1.807, 2.05) is 24.3 Å². The van der Waals surface area contributed by atoms with Gasteiger partial charge in [-0.3, -0.25) is 9.78 Å². The monoisotopic (exact) mass is 380 g/mol. The third-order valence-corrected chi connectivity index (χ3v) is 5.57. The molecule has 0 saturated carbocycles. The van der Waals surface area contributed by atoms with Gasteiger partial charge in [0, 0.05) is 62.0 Å². The van der Waals surface area contributed by atoms with Gasteiger partial charge in [0.1, 0.15) is 0 Å². The summed E-state index contributed by atoms with van der Waals surface area (Å²) in [6, 6.07) is 12.9. The number of anilines is 1. The summed E-state index contributed by atoms with van der Waals surface area (Å²) in [6.07, 6.45) is 6.91. The van der Waals surface area contributed by atoms with Crippen molar-refractivity contribution in [2.45, 2.75) is 37.9 Å². The number of carbonyl (C=O) groups is 1. The molecule has 6 nitrogen and oxygen atoms in total. The van der Waals surface area contributed by atoms with E-state index in [-0.39, 0.29) is 5.91 Å². The summed E-state index contributed by atoms with van der Waals surface area (Å²) in [7, 11) is 0. The van der Waals surface area contributed by atoms with Crippen molar-refractivity contribution >= 4 is 11.6 Å². The molecule has 1 amide bonds. The fraction of sp³-hybridized carbons (Fsp3) is 0.455. The summed E-state index contributed by atoms with van der Waals surface area (Å²) in [5.41, 5.74) is 2.87. The minimum atomic E-state index is -0.0582. The van der Waals surface area contributed by atoms with Crippen molar-refractivity contribution in [3.8, 4) is 0 Å². The van der Waals surface area contributed by atoms with E-state index >= 15 is 0 Å². The largest absolute Gasteiger partial charge is 0.380 e. The highest BCUT2D eigenvalue weighted by molar-refractivity contribution is 5.94. The van der Waals surface area contributed by atoms with Gasteiger partial charge in [-0.05, 0) is 55.2 Å². The summed E-state index contributed by atoms with van der Waals surface area (Å²) in [5.74, 6) is -0.0582. The zero-order chi connectivity index (χ0) is 19.2. The van der Waals surface area contributed by atoms with Crippen molar-refractivity contribution in [3.05, 3.63) is 59.9 Å². The van der Waals surface area contributed by atoms with Crippen LogP contribution in [0.2, 0.25) is 0 Å². The van der Waals surface area contributed by atoms with E-state index in [0.717, 1.165) is 51.1 Å². The third kappa shape index (κ3) is 4.88. The number of carbonyl (C=O) groups excluding carboxylic acids is 1. The van der Waals surface area contributed by atoms with Crippen LogP contribution in [0.3, 0.4) is 0 Å². The Hall–Kier alpha value is -2.44. The second-order valence-electron chi connectivity index (χ2n) is 7.58. The highest BCUT2D eigenvalue weighted by Gasteiger charge is 2.24. The Balaban J connectivity index is 1.25. The predicted octanol–water partition coefficient (Wildman–Crippen LogP) is 2.36. The maximum absolute atomic E-state index is 12.3. The minimum absolute atomic E-state index is 0.0582. The van der Waals surface area contributed by atoms with E-state index in [1.165, 1.54) is 5.69 Å². The Labute approximate surface area is 166 Å². The van der Waals surface area contributed by atoms with Crippen molar-refractivity contribution in [3.63, 3.8) is 0 Å². The molecule has 1 atom stereocenters. The first-order valence-electron chi connectivity index (χ1n) is 10.1. The van der Waals surface area contributed by atoms with Crippen molar-refractivity contribution in [2.75, 3.05) is 31.2 Å². The molecule has 0 aliphatic carbocycles. The second-order valence-corrected chi connectivity index (χ2v) is 7.58. The maximum atomic E-state index is 12.3. The fourth-order valence-corrected chi connectivity index (χ4v) is 3.91. The number of hydrogen-bond donors (Lipinski definition) is 2. The van der Waals surface area contributed by atoms with E-state index in [4.69, 9.17) is 4.74 Å². The summed E-state index contributed by atoms with van der Waals surface area (Å²) in [6.45, 7) is 4.31. The van der Waals surface area contributed by atoms with Gasteiger partial charge in [0.05, 0.1) is 6.61 Å². The van der Waals surface area contributed by atoms with Crippen LogP contribution in [0.15, 0.2) is 48.8 Å². The molecule has 2 aromatic rings. The topological polar surface area (TPSA) is 66.5 Å². The van der Waals surface area contributed by atoms with Gasteiger partial charge in [-0.2, -0.15) is 0 Å². The highest BCUT2D eigenvalue weighted by atomic mass is 16.5. The number of ether oxygens (including phenoxy) is 1. The number of pyridine rings is 1. The van der Waals surface area contributed by atoms with E-state index in [9.17, 15) is 4.79 Å². The minimum Gasteiger partial charge on any atom is -0.380 e. The molecule has 4 rings (SSSR count). The van der Waals surface area contributed by atoms with Crippen LogP contribution in [0.25, 0.3) is 0 Å². The number of rotatable bonds is 6. The first-order valence-corrected chi connectivity index (χ1v) is 10.1. The lowest BCUT2D eigenvalue weighted by atomic mass is 10.0. The van der Waals surface area contributed by atoms with Crippen LogP contribution in [-0.4, -0.2) is 49.3 Å². The first-order chi connectivity index (χ1) is 13.8. The standard InChI is InChI=1S/C22H28N4O2/c27-22(24-15-17-2-1-10-23-14-17)18-3-5-21(6-4-18)26-11-7-19(8-12-26)25-20-9-13-28-16-20/h1-6,10,14,19-20,25H,7-9,11-13,15-16H2,(H,24,27)/t20-/m0/s1. The molecule has 2 saturated heterocycles. The molecular weight excluding hydrogens is 352 g/mol. The second kappa shape index (κ2) is 9.17. The van der Waals surface area contributed by atoms with Crippen molar-refractivity contribution < 1.29 is 9.53 Å². The molecule has 3 heterocycles. The zero-order valence-corrected chi connectivity index (χ0v) is 16.1. The Kier molecular flexibility index (Phi) is 6.19. The number of hydrogen-bond acceptors (Lipinski definition) is 5. The predicted molar refractivity (Wildman–Crippen MR) is 109 cm³/mol. The Morgan fingerprint density at radius 3 is 2.61 bits per heavy atom. The molecule has 148 valence electrons. The fourth-order valence-electron chi connectivity index (χ4n) is 3.91. The molecule has 28 heavy (non-hydrogen) atoms. The third-order valence-electron chi connectivity index (χ3n) is 5.57. The van der Waals surface area contributed by atoms with E-state index in [1.54, 1.807) is 12.4 Å². The van der Waals surface area contributed by atoms with Gasteiger partial charge in [0.2, 0.25) is 0 Å². The molecule has 0 spiro atoms. The van der Waals surface area contributed by atoms with Gasteiger partial charge in [-0.15, -0.1) is 0 Å². The molecule has 2 aliphatic heterocycles. The molecule has 0 bridgehead atoms. The van der Waals surface area contributed by atoms with Crippen molar-refractivity contribution in [2.24, 2.45) is 0 Å². The van der Waals surface area contributed by atoms with Crippen LogP contribution < -0.4 is 15.5 Å². The highest BCUT2D eigenvalue weighted by Crippen LogP contribution is 2.21. The number of nitrogens with zero attached hydrogens (tertiary/aromatic N) is 2. The van der Waals surface area contributed by atoms with Gasteiger partial charge in [-0.1, -0.05) is 6.07 Å². The number of aromatic nitrogens is 1. The lowest BCUT2D eigenvalue weighted by Gasteiger charge is -2.35. The molecule has 2 N–H and O–H groups in total. The molecule has 1 aromatic carbocycles. The smallest absolute Gasteiger partial charge is 0.251 e. The van der Waals surface area contributed by atoms with Crippen LogP contribution in [0.4, 0.5) is 5.69 Å². The van der Waals surface area contributed by atoms with Gasteiger partial charge < -0.3 is 20.3 Å². The zero-order valence-electron chi connectivity index (χ0n) is 16.1. The van der Waals surface area contributed by atoms with Gasteiger partial charge in [-0.25, -0.2) is 0 Å². The molecule has 2 aliphatic rings. The van der Waals surface area contributed by atoms with Gasteiger partial charge >= 0.3 is 0 Å². The first kappa shape index (κ1) is 18.9. The summed E-state index contributed by atoms with van der Waals surface area (Å²) in [5, 5.41) is 6.68. The molecule has 0 radical (unpaired) electrons. The van der Waals surface area contributed by atoms with E-state index < -0.39 is 0 Å². The van der Waals surface area contributed by atoms with E-state index in [0.29, 0.717) is 24.2 Å². The quantitative estimate of drug-likeness (QED) is 0.805. The lowest BCUT2D eigenvalue weighted by Crippen LogP contribution is -2.46. The number of nitrogens with one attached hydrogen (secondary N) is 2. The van der Waals surface area contributed by atoms with Crippen LogP contribution in [-0.2, 0) is 11.3 Å². The van der Waals surface area contributed by atoms with Crippen molar-refractivity contribution in [1.29, 1.82) is 0 Å². The van der Waals surface area contributed by atoms with Gasteiger partial charge in [0.15, 0.2) is 0 Å². The SMILES string of the molecule is O=C(NCc1cccnc1)c1ccc(N2CCC(N[C@H]3CCOC3)CC2)cc1. The van der Waals surface area contributed by atoms with Crippen LogP contribution in [0.1, 0.15) is 35.2 Å². The Morgan fingerprint density at radius 1 is 1.11 bits per heavy atom. The molecule has 1 aromatic heterocycles. The van der Waals surface area contributed by atoms with Crippen LogP contribution in [0.5, 0.6) is 0 Å². The molecule has 6 heteroatoms. The lowest BCUT2D eigenvalue weighted by molar-refractivity contribution is 0.0951. The van der Waals surface area contributed by atoms with Gasteiger partial charge in [0.25, 0.3) is 5.91 Å². The normalized spacial score (nSPS) is 20.3. The van der Waals surface area contributed by atoms with Crippen molar-refractivity contribution in [1.82, 2.24) is 15.6 Å². The molecule has 0 unspecified atom stereocenters.